The Morgan fingerprint density at radius 3 is 2.71 bits per heavy atom. The van der Waals surface area contributed by atoms with Crippen LogP contribution in [0.25, 0.3) is 0 Å². The molecule has 1 saturated carbocycles. The number of ether oxygens (including phenoxy) is 3. The van der Waals surface area contributed by atoms with E-state index in [1.54, 1.807) is 0 Å². The largest absolute Gasteiger partial charge is 0.461 e. The van der Waals surface area contributed by atoms with Gasteiger partial charge in [-0.1, -0.05) is 18.2 Å². The molecule has 4 heteroatoms. The SMILES string of the molecule is C=C1CC[C@@H]2O[C@@]2(C)CC[C@@H]2/C(=C/CC3OC3(C)C)COC(=O)[C@@H]12. The molecule has 0 amide bonds. The van der Waals surface area contributed by atoms with E-state index in [0.29, 0.717) is 12.7 Å². The van der Waals surface area contributed by atoms with E-state index < -0.39 is 0 Å². The van der Waals surface area contributed by atoms with Crippen LogP contribution in [-0.2, 0) is 19.0 Å². The molecular formula is C20H28O4. The molecule has 3 saturated heterocycles. The van der Waals surface area contributed by atoms with Crippen LogP contribution in [0.3, 0.4) is 0 Å². The first kappa shape index (κ1) is 16.3. The van der Waals surface area contributed by atoms with Gasteiger partial charge in [-0.25, -0.2) is 0 Å². The second kappa shape index (κ2) is 5.43. The highest BCUT2D eigenvalue weighted by molar-refractivity contribution is 5.78. The summed E-state index contributed by atoms with van der Waals surface area (Å²) in [4.78, 5) is 12.4. The van der Waals surface area contributed by atoms with E-state index in [0.717, 1.165) is 37.7 Å². The van der Waals surface area contributed by atoms with Crippen molar-refractivity contribution in [3.8, 4) is 0 Å². The standard InChI is InChI=1S/C20H28O4/c1-12-5-7-16-20(4,24-16)10-9-14-13(11-22-18(21)17(12)14)6-8-15-19(2,3)23-15/h6,14-17H,1,5,7-11H2,2-4H3/b13-6+/t14-,15?,16+,17+,20+/m1/s1. The predicted molar refractivity (Wildman–Crippen MR) is 90.5 cm³/mol. The van der Waals surface area contributed by atoms with Crippen LogP contribution < -0.4 is 0 Å². The van der Waals surface area contributed by atoms with Gasteiger partial charge in [0.2, 0.25) is 0 Å². The Hall–Kier alpha value is -1.13. The average molecular weight is 332 g/mol. The maximum absolute atomic E-state index is 12.4. The molecule has 0 radical (unpaired) electrons. The van der Waals surface area contributed by atoms with Crippen LogP contribution in [-0.4, -0.2) is 36.0 Å². The summed E-state index contributed by atoms with van der Waals surface area (Å²) < 4.78 is 17.1. The number of rotatable bonds is 2. The van der Waals surface area contributed by atoms with Crippen LogP contribution in [0.15, 0.2) is 23.8 Å². The quantitative estimate of drug-likeness (QED) is 0.441. The summed E-state index contributed by atoms with van der Waals surface area (Å²) in [7, 11) is 0. The number of carbonyl (C=O) groups is 1. The van der Waals surface area contributed by atoms with Gasteiger partial charge >= 0.3 is 5.97 Å². The maximum atomic E-state index is 12.4. The fourth-order valence-corrected chi connectivity index (χ4v) is 4.46. The molecule has 3 heterocycles. The molecule has 4 nitrogen and oxygen atoms in total. The van der Waals surface area contributed by atoms with Crippen molar-refractivity contribution in [2.24, 2.45) is 11.8 Å². The Morgan fingerprint density at radius 2 is 2.00 bits per heavy atom. The van der Waals surface area contributed by atoms with Crippen molar-refractivity contribution >= 4 is 5.97 Å². The van der Waals surface area contributed by atoms with E-state index >= 15 is 0 Å². The van der Waals surface area contributed by atoms with E-state index in [1.165, 1.54) is 5.57 Å². The van der Waals surface area contributed by atoms with E-state index in [4.69, 9.17) is 14.2 Å². The fraction of sp³-hybridized carbons (Fsp3) is 0.750. The summed E-state index contributed by atoms with van der Waals surface area (Å²) in [6.07, 6.45) is 7.55. The van der Waals surface area contributed by atoms with Crippen LogP contribution in [0, 0.1) is 11.8 Å². The number of fused-ring (bicyclic) bond motifs is 2. The van der Waals surface area contributed by atoms with Crippen LogP contribution >= 0.6 is 0 Å². The normalized spacial score (nSPS) is 45.4. The van der Waals surface area contributed by atoms with Gasteiger partial charge in [-0.2, -0.15) is 0 Å². The minimum atomic E-state index is -0.181. The summed E-state index contributed by atoms with van der Waals surface area (Å²) in [5.74, 6) is -0.0635. The third kappa shape index (κ3) is 2.84. The van der Waals surface area contributed by atoms with Gasteiger partial charge in [-0.3, -0.25) is 4.79 Å². The maximum Gasteiger partial charge on any atom is 0.313 e. The molecule has 4 rings (SSSR count). The summed E-state index contributed by atoms with van der Waals surface area (Å²) in [5, 5.41) is 0. The van der Waals surface area contributed by atoms with Crippen molar-refractivity contribution < 1.29 is 19.0 Å². The second-order valence-electron chi connectivity index (χ2n) is 8.57. The Bertz CT molecular complexity index is 605. The number of carbonyl (C=O) groups excluding carboxylic acids is 1. The van der Waals surface area contributed by atoms with E-state index in [9.17, 15) is 4.79 Å². The number of epoxide rings is 2. The lowest BCUT2D eigenvalue weighted by atomic mass is 9.76. The lowest BCUT2D eigenvalue weighted by Gasteiger charge is -2.34. The smallest absolute Gasteiger partial charge is 0.313 e. The van der Waals surface area contributed by atoms with Gasteiger partial charge in [0, 0.05) is 5.92 Å². The average Bonchev–Trinajstić information content (AvgIpc) is 3.36. The third-order valence-corrected chi connectivity index (χ3v) is 6.43. The van der Waals surface area contributed by atoms with Crippen LogP contribution in [0.5, 0.6) is 0 Å². The molecule has 4 fully saturated rings. The lowest BCUT2D eigenvalue weighted by molar-refractivity contribution is -0.151. The predicted octanol–water partition coefficient (Wildman–Crippen LogP) is 3.56. The molecule has 1 unspecified atom stereocenters. The van der Waals surface area contributed by atoms with Gasteiger partial charge in [0.1, 0.15) is 6.61 Å². The fourth-order valence-electron chi connectivity index (χ4n) is 4.46. The molecule has 24 heavy (non-hydrogen) atoms. The molecule has 3 aliphatic heterocycles. The first-order chi connectivity index (χ1) is 11.3. The first-order valence-electron chi connectivity index (χ1n) is 9.19. The minimum Gasteiger partial charge on any atom is -0.461 e. The molecule has 132 valence electrons. The van der Waals surface area contributed by atoms with E-state index in [-0.39, 0.29) is 35.1 Å². The van der Waals surface area contributed by atoms with Gasteiger partial charge in [-0.15, -0.1) is 0 Å². The van der Waals surface area contributed by atoms with Gasteiger partial charge in [0.25, 0.3) is 0 Å². The molecule has 0 aromatic rings. The highest BCUT2D eigenvalue weighted by Crippen LogP contribution is 2.49. The van der Waals surface area contributed by atoms with Gasteiger partial charge < -0.3 is 14.2 Å². The number of hydrogen-bond donors (Lipinski definition) is 0. The van der Waals surface area contributed by atoms with Crippen LogP contribution in [0.4, 0.5) is 0 Å². The van der Waals surface area contributed by atoms with Crippen molar-refractivity contribution in [2.45, 2.75) is 76.3 Å². The van der Waals surface area contributed by atoms with Crippen LogP contribution in [0.2, 0.25) is 0 Å². The Labute approximate surface area is 144 Å². The number of hydrogen-bond acceptors (Lipinski definition) is 4. The molecule has 1 aliphatic carbocycles. The van der Waals surface area contributed by atoms with E-state index in [2.05, 4.69) is 33.4 Å². The van der Waals surface area contributed by atoms with Crippen molar-refractivity contribution in [3.05, 3.63) is 23.8 Å². The molecule has 0 aromatic carbocycles. The van der Waals surface area contributed by atoms with Gasteiger partial charge in [0.15, 0.2) is 0 Å². The summed E-state index contributed by atoms with van der Waals surface area (Å²) in [6, 6.07) is 0. The summed E-state index contributed by atoms with van der Waals surface area (Å²) >= 11 is 0. The van der Waals surface area contributed by atoms with E-state index in [1.807, 2.05) is 0 Å². The molecule has 5 atom stereocenters. The number of cyclic esters (lactones) is 1. The first-order valence-corrected chi connectivity index (χ1v) is 9.19. The highest BCUT2D eigenvalue weighted by atomic mass is 16.6. The monoisotopic (exact) mass is 332 g/mol. The zero-order valence-electron chi connectivity index (χ0n) is 15.0. The Balaban J connectivity index is 1.55. The molecular weight excluding hydrogens is 304 g/mol. The second-order valence-corrected chi connectivity index (χ2v) is 8.57. The summed E-state index contributed by atoms with van der Waals surface area (Å²) in [5.41, 5.74) is 2.25. The molecule has 0 N–H and O–H groups in total. The molecule has 0 aromatic heterocycles. The molecule has 0 spiro atoms. The summed E-state index contributed by atoms with van der Waals surface area (Å²) in [6.45, 7) is 11.1. The van der Waals surface area contributed by atoms with Crippen LogP contribution in [0.1, 0.15) is 52.9 Å². The van der Waals surface area contributed by atoms with Gasteiger partial charge in [0.05, 0.1) is 29.3 Å². The molecule has 4 aliphatic rings. The topological polar surface area (TPSA) is 51.4 Å². The van der Waals surface area contributed by atoms with Crippen molar-refractivity contribution in [1.29, 1.82) is 0 Å². The van der Waals surface area contributed by atoms with Crippen molar-refractivity contribution in [1.82, 2.24) is 0 Å². The van der Waals surface area contributed by atoms with Crippen molar-refractivity contribution in [3.63, 3.8) is 0 Å². The minimum absolute atomic E-state index is 0.00320. The Kier molecular flexibility index (Phi) is 3.70. The van der Waals surface area contributed by atoms with Gasteiger partial charge in [-0.05, 0) is 58.4 Å². The zero-order valence-corrected chi connectivity index (χ0v) is 15.0. The zero-order chi connectivity index (χ0) is 17.1. The lowest BCUT2D eigenvalue weighted by Crippen LogP contribution is -2.36. The number of esters is 1. The third-order valence-electron chi connectivity index (χ3n) is 6.43. The highest BCUT2D eigenvalue weighted by Gasteiger charge is 2.53. The van der Waals surface area contributed by atoms with Crippen molar-refractivity contribution in [2.75, 3.05) is 6.61 Å². The molecule has 0 bridgehead atoms. The Morgan fingerprint density at radius 1 is 1.25 bits per heavy atom.